The molecule has 0 fully saturated rings. The van der Waals surface area contributed by atoms with Crippen molar-refractivity contribution >= 4 is 0 Å². The molecule has 0 aliphatic carbocycles. The molecule has 0 unspecified atom stereocenters. The molecule has 0 atom stereocenters. The molecule has 0 saturated carbocycles. The Bertz CT molecular complexity index is 156. The summed E-state index contributed by atoms with van der Waals surface area (Å²) in [5, 5.41) is 3.30. The zero-order valence-corrected chi connectivity index (χ0v) is 8.12. The molecule has 0 heterocycles. The highest BCUT2D eigenvalue weighted by molar-refractivity contribution is 4.95. The fourth-order valence-electron chi connectivity index (χ4n) is 0.684. The molecule has 0 amide bonds. The predicted molar refractivity (Wildman–Crippen MR) is 50.4 cm³/mol. The fourth-order valence-corrected chi connectivity index (χ4v) is 0.684. The van der Waals surface area contributed by atoms with Gasteiger partial charge < -0.3 is 5.32 Å². The van der Waals surface area contributed by atoms with Crippen LogP contribution in [0, 0.1) is 5.41 Å². The predicted octanol–water partition coefficient (Wildman–Crippen LogP) is 2.70. The average molecular weight is 153 g/mol. The van der Waals surface area contributed by atoms with Crippen LogP contribution in [-0.2, 0) is 0 Å². The summed E-state index contributed by atoms with van der Waals surface area (Å²) in [7, 11) is 0. The van der Waals surface area contributed by atoms with E-state index in [1.165, 1.54) is 0 Å². The van der Waals surface area contributed by atoms with Crippen molar-refractivity contribution in [2.45, 2.75) is 34.1 Å². The maximum absolute atomic E-state index is 3.61. The van der Waals surface area contributed by atoms with Crippen LogP contribution < -0.4 is 5.32 Å². The van der Waals surface area contributed by atoms with Gasteiger partial charge in [0.2, 0.25) is 0 Å². The summed E-state index contributed by atoms with van der Waals surface area (Å²) >= 11 is 0. The van der Waals surface area contributed by atoms with E-state index < -0.39 is 0 Å². The standard InChI is InChI=1S/C10H19N/c1-6-9(7-2)11-8-10(3,4)5/h11H,1,7-8H2,2-5H3. The minimum absolute atomic E-state index is 0.331. The molecule has 1 nitrogen and oxygen atoms in total. The lowest BCUT2D eigenvalue weighted by molar-refractivity contribution is 0.395. The second-order valence-corrected chi connectivity index (χ2v) is 3.92. The van der Waals surface area contributed by atoms with Gasteiger partial charge in [-0.3, -0.25) is 0 Å². The number of allylic oxidation sites excluding steroid dienone is 1. The summed E-state index contributed by atoms with van der Waals surface area (Å²) in [6.45, 7) is 13.3. The van der Waals surface area contributed by atoms with Crippen molar-refractivity contribution in [1.82, 2.24) is 5.32 Å². The summed E-state index contributed by atoms with van der Waals surface area (Å²) in [6, 6.07) is 0. The van der Waals surface area contributed by atoms with Gasteiger partial charge in [-0.15, -0.1) is 5.73 Å². The van der Waals surface area contributed by atoms with Crippen LogP contribution in [0.1, 0.15) is 34.1 Å². The molecule has 0 rings (SSSR count). The maximum Gasteiger partial charge on any atom is 0.0529 e. The summed E-state index contributed by atoms with van der Waals surface area (Å²) in [5.74, 6) is 0. The molecule has 0 aromatic rings. The summed E-state index contributed by atoms with van der Waals surface area (Å²) in [5.41, 5.74) is 4.32. The number of rotatable bonds is 3. The van der Waals surface area contributed by atoms with Gasteiger partial charge in [0, 0.05) is 6.54 Å². The first-order chi connectivity index (χ1) is 4.99. The van der Waals surface area contributed by atoms with Crippen molar-refractivity contribution in [3.63, 3.8) is 0 Å². The Hall–Kier alpha value is -0.680. The van der Waals surface area contributed by atoms with Gasteiger partial charge in [0.25, 0.3) is 0 Å². The van der Waals surface area contributed by atoms with Crippen LogP contribution >= 0.6 is 0 Å². The Labute approximate surface area is 70.2 Å². The molecule has 0 aromatic heterocycles. The van der Waals surface area contributed by atoms with E-state index in [-0.39, 0.29) is 0 Å². The average Bonchev–Trinajstić information content (AvgIpc) is 1.88. The highest BCUT2D eigenvalue weighted by Crippen LogP contribution is 2.11. The minimum atomic E-state index is 0.331. The zero-order valence-electron chi connectivity index (χ0n) is 8.12. The third-order valence-corrected chi connectivity index (χ3v) is 1.40. The second kappa shape index (κ2) is 4.25. The number of hydrogen-bond donors (Lipinski definition) is 1. The monoisotopic (exact) mass is 153 g/mol. The van der Waals surface area contributed by atoms with Gasteiger partial charge in [0.1, 0.15) is 0 Å². The van der Waals surface area contributed by atoms with Gasteiger partial charge in [-0.1, -0.05) is 34.3 Å². The molecule has 0 bridgehead atoms. The largest absolute Gasteiger partial charge is 0.382 e. The quantitative estimate of drug-likeness (QED) is 0.615. The Morgan fingerprint density at radius 1 is 1.45 bits per heavy atom. The minimum Gasteiger partial charge on any atom is -0.382 e. The van der Waals surface area contributed by atoms with Gasteiger partial charge in [-0.2, -0.15) is 0 Å². The van der Waals surface area contributed by atoms with Crippen LogP contribution in [0.25, 0.3) is 0 Å². The molecule has 0 radical (unpaired) electrons. The fraction of sp³-hybridized carbons (Fsp3) is 0.700. The van der Waals surface area contributed by atoms with Gasteiger partial charge in [0.05, 0.1) is 5.70 Å². The van der Waals surface area contributed by atoms with E-state index in [4.69, 9.17) is 0 Å². The van der Waals surface area contributed by atoms with E-state index in [2.05, 4.69) is 45.3 Å². The van der Waals surface area contributed by atoms with Gasteiger partial charge in [-0.05, 0) is 11.8 Å². The van der Waals surface area contributed by atoms with Crippen LogP contribution in [0.5, 0.6) is 0 Å². The molecule has 0 spiro atoms. The third kappa shape index (κ3) is 5.75. The van der Waals surface area contributed by atoms with Crippen LogP contribution in [0.15, 0.2) is 18.0 Å². The van der Waals surface area contributed by atoms with Crippen molar-refractivity contribution in [2.24, 2.45) is 5.41 Å². The highest BCUT2D eigenvalue weighted by atomic mass is 14.9. The highest BCUT2D eigenvalue weighted by Gasteiger charge is 2.08. The Kier molecular flexibility index (Phi) is 3.99. The lowest BCUT2D eigenvalue weighted by Crippen LogP contribution is -2.25. The van der Waals surface area contributed by atoms with Crippen molar-refractivity contribution < 1.29 is 0 Å². The van der Waals surface area contributed by atoms with Crippen LogP contribution in [0.3, 0.4) is 0 Å². The van der Waals surface area contributed by atoms with Gasteiger partial charge >= 0.3 is 0 Å². The first-order valence-corrected chi connectivity index (χ1v) is 4.12. The van der Waals surface area contributed by atoms with Crippen molar-refractivity contribution in [3.05, 3.63) is 18.0 Å². The topological polar surface area (TPSA) is 12.0 Å². The van der Waals surface area contributed by atoms with Gasteiger partial charge in [0.15, 0.2) is 0 Å². The molecule has 11 heavy (non-hydrogen) atoms. The van der Waals surface area contributed by atoms with E-state index in [1.807, 2.05) is 0 Å². The van der Waals surface area contributed by atoms with E-state index in [0.29, 0.717) is 5.41 Å². The molecule has 0 saturated heterocycles. The summed E-state index contributed by atoms with van der Waals surface area (Å²) in [4.78, 5) is 0. The Morgan fingerprint density at radius 2 is 2.00 bits per heavy atom. The molecular formula is C10H19N. The van der Waals surface area contributed by atoms with Crippen molar-refractivity contribution in [3.8, 4) is 0 Å². The van der Waals surface area contributed by atoms with E-state index in [1.54, 1.807) is 0 Å². The number of nitrogens with one attached hydrogen (secondary N) is 1. The molecule has 1 heteroatoms. The summed E-state index contributed by atoms with van der Waals surface area (Å²) < 4.78 is 0. The van der Waals surface area contributed by atoms with Crippen LogP contribution in [-0.4, -0.2) is 6.54 Å². The zero-order chi connectivity index (χ0) is 8.91. The smallest absolute Gasteiger partial charge is 0.0529 e. The Balaban J connectivity index is 3.79. The Morgan fingerprint density at radius 3 is 2.27 bits per heavy atom. The molecule has 0 aromatic carbocycles. The van der Waals surface area contributed by atoms with E-state index in [9.17, 15) is 0 Å². The SMILES string of the molecule is C=C=C(CC)NCC(C)(C)C. The normalized spacial score (nSPS) is 10.5. The van der Waals surface area contributed by atoms with Crippen LogP contribution in [0.4, 0.5) is 0 Å². The first-order valence-electron chi connectivity index (χ1n) is 4.12. The molecule has 0 aliphatic rings. The molecule has 64 valence electrons. The first kappa shape index (κ1) is 10.3. The van der Waals surface area contributed by atoms with E-state index >= 15 is 0 Å². The second-order valence-electron chi connectivity index (χ2n) is 3.92. The molecular weight excluding hydrogens is 134 g/mol. The van der Waals surface area contributed by atoms with Crippen molar-refractivity contribution in [1.29, 1.82) is 0 Å². The van der Waals surface area contributed by atoms with Crippen LogP contribution in [0.2, 0.25) is 0 Å². The summed E-state index contributed by atoms with van der Waals surface area (Å²) in [6.07, 6.45) is 0.986. The van der Waals surface area contributed by atoms with E-state index in [0.717, 1.165) is 18.7 Å². The lowest BCUT2D eigenvalue weighted by atomic mass is 9.97. The molecule has 0 aliphatic heterocycles. The molecule has 1 N–H and O–H groups in total. The van der Waals surface area contributed by atoms with Crippen molar-refractivity contribution in [2.75, 3.05) is 6.54 Å². The lowest BCUT2D eigenvalue weighted by Gasteiger charge is -2.19. The van der Waals surface area contributed by atoms with Gasteiger partial charge in [-0.25, -0.2) is 0 Å². The maximum atomic E-state index is 3.61. The number of hydrogen-bond acceptors (Lipinski definition) is 1. The third-order valence-electron chi connectivity index (χ3n) is 1.40.